The van der Waals surface area contributed by atoms with E-state index in [0.29, 0.717) is 28.6 Å². The lowest BCUT2D eigenvalue weighted by Gasteiger charge is -2.12. The quantitative estimate of drug-likeness (QED) is 0.798. The van der Waals surface area contributed by atoms with Gasteiger partial charge in [0.25, 0.3) is 0 Å². The Morgan fingerprint density at radius 3 is 2.81 bits per heavy atom. The van der Waals surface area contributed by atoms with Gasteiger partial charge in [0.05, 0.1) is 12.1 Å². The Kier molecular flexibility index (Phi) is 4.43. The predicted molar refractivity (Wildman–Crippen MR) is 66.0 cm³/mol. The summed E-state index contributed by atoms with van der Waals surface area (Å²) >= 11 is 5.98. The molecule has 88 valence electrons. The lowest BCUT2D eigenvalue weighted by molar-refractivity contribution is -0.116. The lowest BCUT2D eigenvalue weighted by atomic mass is 10.2. The van der Waals surface area contributed by atoms with E-state index in [0.717, 1.165) is 6.42 Å². The number of ether oxygens (including phenoxy) is 1. The molecule has 1 aromatic carbocycles. The molecule has 0 aliphatic rings. The molecule has 0 aromatic heterocycles. The summed E-state index contributed by atoms with van der Waals surface area (Å²) in [6, 6.07) is 3.19. The second-order valence-electron chi connectivity index (χ2n) is 3.38. The van der Waals surface area contributed by atoms with Crippen molar-refractivity contribution >= 4 is 28.9 Å². The second kappa shape index (κ2) is 5.61. The molecule has 0 aliphatic carbocycles. The van der Waals surface area contributed by atoms with Crippen molar-refractivity contribution in [3.05, 3.63) is 17.2 Å². The zero-order chi connectivity index (χ0) is 12.1. The third kappa shape index (κ3) is 3.03. The third-order valence-corrected chi connectivity index (χ3v) is 2.34. The molecule has 0 saturated carbocycles. The van der Waals surface area contributed by atoms with Gasteiger partial charge >= 0.3 is 0 Å². The van der Waals surface area contributed by atoms with Crippen molar-refractivity contribution in [3.8, 4) is 5.75 Å². The van der Waals surface area contributed by atoms with Crippen LogP contribution in [0, 0.1) is 0 Å². The zero-order valence-corrected chi connectivity index (χ0v) is 10.1. The first-order valence-electron chi connectivity index (χ1n) is 5.01. The molecule has 16 heavy (non-hydrogen) atoms. The van der Waals surface area contributed by atoms with Crippen molar-refractivity contribution in [2.24, 2.45) is 0 Å². The van der Waals surface area contributed by atoms with Gasteiger partial charge in [-0.3, -0.25) is 4.79 Å². The number of rotatable bonds is 4. The maximum absolute atomic E-state index is 11.5. The molecule has 0 heterocycles. The van der Waals surface area contributed by atoms with E-state index < -0.39 is 0 Å². The molecule has 1 amide bonds. The number of nitrogens with one attached hydrogen (secondary N) is 1. The van der Waals surface area contributed by atoms with Gasteiger partial charge in [0.1, 0.15) is 11.4 Å². The highest BCUT2D eigenvalue weighted by Crippen LogP contribution is 2.34. The van der Waals surface area contributed by atoms with Gasteiger partial charge < -0.3 is 15.8 Å². The molecule has 4 nitrogen and oxygen atoms in total. The normalized spacial score (nSPS) is 9.94. The van der Waals surface area contributed by atoms with Gasteiger partial charge in [-0.1, -0.05) is 18.5 Å². The number of amides is 1. The van der Waals surface area contributed by atoms with Crippen LogP contribution in [0.15, 0.2) is 12.1 Å². The van der Waals surface area contributed by atoms with Gasteiger partial charge in [0.15, 0.2) is 0 Å². The number of hydrogen-bond acceptors (Lipinski definition) is 3. The minimum atomic E-state index is -0.0903. The standard InChI is InChI=1S/C11H15ClN2O2/c1-3-4-10(15)14-11-8(12)5-7(13)6-9(11)16-2/h5-6H,3-4,13H2,1-2H3,(H,14,15). The topological polar surface area (TPSA) is 64.4 Å². The largest absolute Gasteiger partial charge is 0.494 e. The molecule has 1 rings (SSSR count). The van der Waals surface area contributed by atoms with Crippen LogP contribution in [0.1, 0.15) is 19.8 Å². The third-order valence-electron chi connectivity index (χ3n) is 2.04. The fraction of sp³-hybridized carbons (Fsp3) is 0.364. The van der Waals surface area contributed by atoms with Gasteiger partial charge in [-0.05, 0) is 12.5 Å². The summed E-state index contributed by atoms with van der Waals surface area (Å²) < 4.78 is 5.11. The van der Waals surface area contributed by atoms with Crippen LogP contribution in [0.25, 0.3) is 0 Å². The van der Waals surface area contributed by atoms with Crippen molar-refractivity contribution in [2.75, 3.05) is 18.2 Å². The molecular formula is C11H15ClN2O2. The Bertz CT molecular complexity index is 394. The molecule has 5 heteroatoms. The summed E-state index contributed by atoms with van der Waals surface area (Å²) in [6.07, 6.45) is 1.23. The fourth-order valence-electron chi connectivity index (χ4n) is 1.31. The number of anilines is 2. The predicted octanol–water partition coefficient (Wildman–Crippen LogP) is 2.67. The smallest absolute Gasteiger partial charge is 0.224 e. The van der Waals surface area contributed by atoms with Crippen molar-refractivity contribution in [3.63, 3.8) is 0 Å². The number of nitrogen functional groups attached to an aromatic ring is 1. The highest BCUT2D eigenvalue weighted by atomic mass is 35.5. The second-order valence-corrected chi connectivity index (χ2v) is 3.79. The number of benzene rings is 1. The Morgan fingerprint density at radius 2 is 2.25 bits per heavy atom. The fourth-order valence-corrected chi connectivity index (χ4v) is 1.58. The molecule has 0 aliphatic heterocycles. The summed E-state index contributed by atoms with van der Waals surface area (Å²) in [6.45, 7) is 1.93. The van der Waals surface area contributed by atoms with Gasteiger partial charge in [-0.15, -0.1) is 0 Å². The minimum Gasteiger partial charge on any atom is -0.494 e. The molecule has 0 radical (unpaired) electrons. The minimum absolute atomic E-state index is 0.0903. The van der Waals surface area contributed by atoms with Crippen molar-refractivity contribution in [1.29, 1.82) is 0 Å². The van der Waals surface area contributed by atoms with E-state index in [-0.39, 0.29) is 5.91 Å². The first-order valence-corrected chi connectivity index (χ1v) is 5.39. The van der Waals surface area contributed by atoms with Crippen LogP contribution in [-0.4, -0.2) is 13.0 Å². The van der Waals surface area contributed by atoms with E-state index in [1.807, 2.05) is 6.92 Å². The maximum atomic E-state index is 11.5. The number of carbonyl (C=O) groups is 1. The van der Waals surface area contributed by atoms with Crippen LogP contribution in [0.3, 0.4) is 0 Å². The molecule has 0 unspecified atom stereocenters. The number of hydrogen-bond donors (Lipinski definition) is 2. The van der Waals surface area contributed by atoms with E-state index in [1.54, 1.807) is 12.1 Å². The van der Waals surface area contributed by atoms with Gasteiger partial charge in [0, 0.05) is 18.2 Å². The van der Waals surface area contributed by atoms with Gasteiger partial charge in [-0.25, -0.2) is 0 Å². The summed E-state index contributed by atoms with van der Waals surface area (Å²) in [7, 11) is 1.50. The van der Waals surface area contributed by atoms with Crippen molar-refractivity contribution in [1.82, 2.24) is 0 Å². The SMILES string of the molecule is CCCC(=O)Nc1c(Cl)cc(N)cc1OC. The van der Waals surface area contributed by atoms with Crippen LogP contribution in [0.2, 0.25) is 5.02 Å². The van der Waals surface area contributed by atoms with Crippen LogP contribution in [0.4, 0.5) is 11.4 Å². The van der Waals surface area contributed by atoms with Crippen LogP contribution in [0.5, 0.6) is 5.75 Å². The summed E-state index contributed by atoms with van der Waals surface area (Å²) in [4.78, 5) is 11.5. The van der Waals surface area contributed by atoms with Crippen molar-refractivity contribution in [2.45, 2.75) is 19.8 Å². The van der Waals surface area contributed by atoms with Crippen LogP contribution < -0.4 is 15.8 Å². The molecule has 0 bridgehead atoms. The van der Waals surface area contributed by atoms with E-state index in [4.69, 9.17) is 22.1 Å². The summed E-state index contributed by atoms with van der Waals surface area (Å²) in [5.41, 5.74) is 6.58. The van der Waals surface area contributed by atoms with Gasteiger partial charge in [-0.2, -0.15) is 0 Å². The van der Waals surface area contributed by atoms with Crippen molar-refractivity contribution < 1.29 is 9.53 Å². The number of methoxy groups -OCH3 is 1. The Hall–Kier alpha value is -1.42. The van der Waals surface area contributed by atoms with Gasteiger partial charge in [0.2, 0.25) is 5.91 Å². The molecule has 0 fully saturated rings. The average molecular weight is 243 g/mol. The van der Waals surface area contributed by atoms with E-state index in [1.165, 1.54) is 7.11 Å². The van der Waals surface area contributed by atoms with E-state index in [9.17, 15) is 4.79 Å². The first-order chi connectivity index (χ1) is 7.58. The summed E-state index contributed by atoms with van der Waals surface area (Å²) in [5.74, 6) is 0.377. The molecule has 0 spiro atoms. The Balaban J connectivity index is 2.98. The summed E-state index contributed by atoms with van der Waals surface area (Å²) in [5, 5.41) is 3.08. The van der Waals surface area contributed by atoms with E-state index >= 15 is 0 Å². The number of carbonyl (C=O) groups excluding carboxylic acids is 1. The highest BCUT2D eigenvalue weighted by molar-refractivity contribution is 6.34. The Morgan fingerprint density at radius 1 is 1.56 bits per heavy atom. The lowest BCUT2D eigenvalue weighted by Crippen LogP contribution is -2.12. The number of halogens is 1. The molecule has 0 atom stereocenters. The zero-order valence-electron chi connectivity index (χ0n) is 9.34. The van der Waals surface area contributed by atoms with Crippen LogP contribution in [-0.2, 0) is 4.79 Å². The monoisotopic (exact) mass is 242 g/mol. The first kappa shape index (κ1) is 12.6. The van der Waals surface area contributed by atoms with Crippen LogP contribution >= 0.6 is 11.6 Å². The van der Waals surface area contributed by atoms with E-state index in [2.05, 4.69) is 5.32 Å². The maximum Gasteiger partial charge on any atom is 0.224 e. The molecule has 0 saturated heterocycles. The molecule has 3 N–H and O–H groups in total. The Labute approximate surface area is 99.7 Å². The molecular weight excluding hydrogens is 228 g/mol. The average Bonchev–Trinajstić information content (AvgIpc) is 2.22. The number of nitrogens with two attached hydrogens (primary N) is 1. The highest BCUT2D eigenvalue weighted by Gasteiger charge is 2.12. The molecule has 1 aromatic rings.